The van der Waals surface area contributed by atoms with Crippen molar-refractivity contribution in [3.63, 3.8) is 0 Å². The lowest BCUT2D eigenvalue weighted by atomic mass is 10.0. The first kappa shape index (κ1) is 18.7. The molecule has 7 heteroatoms. The number of fused-ring (bicyclic) bond motifs is 2. The number of hydrogen-bond donors (Lipinski definition) is 2. The van der Waals surface area contributed by atoms with E-state index in [0.29, 0.717) is 12.2 Å². The molecular formula is C19H25ClN4O2. The van der Waals surface area contributed by atoms with E-state index < -0.39 is 0 Å². The van der Waals surface area contributed by atoms with E-state index in [2.05, 4.69) is 32.3 Å². The predicted molar refractivity (Wildman–Crippen MR) is 102 cm³/mol. The Bertz CT molecular complexity index is 780. The number of hydrogen-bond acceptors (Lipinski definition) is 4. The van der Waals surface area contributed by atoms with Gasteiger partial charge in [-0.3, -0.25) is 4.79 Å². The van der Waals surface area contributed by atoms with Crippen LogP contribution in [0.4, 0.5) is 0 Å². The summed E-state index contributed by atoms with van der Waals surface area (Å²) < 4.78 is 7.59. The maximum absolute atomic E-state index is 12.5. The van der Waals surface area contributed by atoms with E-state index in [4.69, 9.17) is 4.74 Å². The van der Waals surface area contributed by atoms with Gasteiger partial charge in [-0.15, -0.1) is 12.4 Å². The summed E-state index contributed by atoms with van der Waals surface area (Å²) in [6.45, 7) is 3.13. The lowest BCUT2D eigenvalue weighted by Crippen LogP contribution is -2.24. The standard InChI is InChI=1S/C19H24N4O2.ClH/c1-25-17-10-14-4-2-3-13(14)9-15(17)11-21-19(24)16-12-23-8-7-20-6-5-18(23)22-16;/h9-10,12,20H,2-8,11H2,1H3,(H,21,24);1H. The summed E-state index contributed by atoms with van der Waals surface area (Å²) in [5.74, 6) is 1.70. The highest BCUT2D eigenvalue weighted by atomic mass is 35.5. The number of halogens is 1. The molecule has 2 N–H and O–H groups in total. The molecule has 0 atom stereocenters. The van der Waals surface area contributed by atoms with E-state index >= 15 is 0 Å². The van der Waals surface area contributed by atoms with Crippen LogP contribution in [0, 0.1) is 0 Å². The van der Waals surface area contributed by atoms with Gasteiger partial charge in [-0.05, 0) is 36.5 Å². The second kappa shape index (κ2) is 8.10. The Balaban J connectivity index is 0.00000196. The number of nitrogens with zero attached hydrogens (tertiary/aromatic N) is 2. The molecule has 0 fully saturated rings. The van der Waals surface area contributed by atoms with Crippen LogP contribution in [0.1, 0.15) is 39.4 Å². The lowest BCUT2D eigenvalue weighted by Gasteiger charge is -2.12. The molecule has 2 heterocycles. The van der Waals surface area contributed by atoms with E-state index in [0.717, 1.165) is 56.0 Å². The third-order valence-corrected chi connectivity index (χ3v) is 5.08. The van der Waals surface area contributed by atoms with Gasteiger partial charge < -0.3 is 19.9 Å². The number of carbonyl (C=O) groups is 1. The van der Waals surface area contributed by atoms with Crippen LogP contribution in [0.2, 0.25) is 0 Å². The van der Waals surface area contributed by atoms with Crippen LogP contribution in [-0.2, 0) is 32.4 Å². The fourth-order valence-electron chi connectivity index (χ4n) is 3.73. The van der Waals surface area contributed by atoms with Gasteiger partial charge in [0.15, 0.2) is 0 Å². The quantitative estimate of drug-likeness (QED) is 0.854. The van der Waals surface area contributed by atoms with Crippen LogP contribution >= 0.6 is 12.4 Å². The summed E-state index contributed by atoms with van der Waals surface area (Å²) in [4.78, 5) is 17.0. The molecular weight excluding hydrogens is 352 g/mol. The first-order chi connectivity index (χ1) is 12.2. The molecule has 1 aromatic heterocycles. The topological polar surface area (TPSA) is 68.2 Å². The number of aryl methyl sites for hydroxylation is 2. The van der Waals surface area contributed by atoms with Crippen molar-refractivity contribution in [3.8, 4) is 5.75 Å². The second-order valence-corrected chi connectivity index (χ2v) is 6.70. The van der Waals surface area contributed by atoms with Crippen molar-refractivity contribution in [1.82, 2.24) is 20.2 Å². The second-order valence-electron chi connectivity index (χ2n) is 6.70. The Morgan fingerprint density at radius 3 is 2.88 bits per heavy atom. The third-order valence-electron chi connectivity index (χ3n) is 5.08. The monoisotopic (exact) mass is 376 g/mol. The summed E-state index contributed by atoms with van der Waals surface area (Å²) >= 11 is 0. The smallest absolute Gasteiger partial charge is 0.271 e. The molecule has 6 nitrogen and oxygen atoms in total. The fraction of sp³-hybridized carbons (Fsp3) is 0.474. The highest BCUT2D eigenvalue weighted by molar-refractivity contribution is 5.92. The number of nitrogens with one attached hydrogen (secondary N) is 2. The van der Waals surface area contributed by atoms with Crippen molar-refractivity contribution in [2.24, 2.45) is 0 Å². The van der Waals surface area contributed by atoms with Crippen LogP contribution in [0.15, 0.2) is 18.3 Å². The normalized spacial score (nSPS) is 15.4. The van der Waals surface area contributed by atoms with Crippen LogP contribution < -0.4 is 15.4 Å². The van der Waals surface area contributed by atoms with Gasteiger partial charge in [-0.2, -0.15) is 0 Å². The molecule has 0 radical (unpaired) electrons. The molecule has 2 aromatic rings. The number of methoxy groups -OCH3 is 1. The Hall–Kier alpha value is -2.05. The molecule has 0 saturated heterocycles. The Morgan fingerprint density at radius 2 is 2.08 bits per heavy atom. The molecule has 1 aromatic carbocycles. The van der Waals surface area contributed by atoms with E-state index in [1.165, 1.54) is 17.5 Å². The van der Waals surface area contributed by atoms with Gasteiger partial charge >= 0.3 is 0 Å². The highest BCUT2D eigenvalue weighted by Crippen LogP contribution is 2.29. The Morgan fingerprint density at radius 1 is 1.27 bits per heavy atom. The van der Waals surface area contributed by atoms with Crippen LogP contribution in [0.3, 0.4) is 0 Å². The van der Waals surface area contributed by atoms with Crippen LogP contribution in [-0.4, -0.2) is 35.7 Å². The summed E-state index contributed by atoms with van der Waals surface area (Å²) in [6, 6.07) is 4.30. The van der Waals surface area contributed by atoms with E-state index in [-0.39, 0.29) is 18.3 Å². The van der Waals surface area contributed by atoms with E-state index in [1.807, 2.05) is 6.20 Å². The first-order valence-electron chi connectivity index (χ1n) is 8.98. The fourth-order valence-corrected chi connectivity index (χ4v) is 3.73. The zero-order valence-corrected chi connectivity index (χ0v) is 15.8. The minimum Gasteiger partial charge on any atom is -0.496 e. The molecule has 2 aliphatic rings. The number of rotatable bonds is 4. The molecule has 1 aliphatic carbocycles. The van der Waals surface area contributed by atoms with Gasteiger partial charge in [0.05, 0.1) is 7.11 Å². The maximum atomic E-state index is 12.5. The van der Waals surface area contributed by atoms with Crippen LogP contribution in [0.5, 0.6) is 5.75 Å². The average molecular weight is 377 g/mol. The molecule has 4 rings (SSSR count). The van der Waals surface area contributed by atoms with Crippen molar-refractivity contribution >= 4 is 18.3 Å². The molecule has 0 bridgehead atoms. The van der Waals surface area contributed by atoms with Gasteiger partial charge in [0.1, 0.15) is 17.3 Å². The number of imidazole rings is 1. The van der Waals surface area contributed by atoms with Crippen LogP contribution in [0.25, 0.3) is 0 Å². The molecule has 26 heavy (non-hydrogen) atoms. The maximum Gasteiger partial charge on any atom is 0.271 e. The SMILES string of the molecule is COc1cc2c(cc1CNC(=O)c1cn3c(n1)CCNCC3)CCC2.Cl. The minimum absolute atomic E-state index is 0. The van der Waals surface area contributed by atoms with Crippen molar-refractivity contribution in [2.75, 3.05) is 20.2 Å². The van der Waals surface area contributed by atoms with Crippen molar-refractivity contribution in [2.45, 2.75) is 38.8 Å². The van der Waals surface area contributed by atoms with E-state index in [1.54, 1.807) is 7.11 Å². The summed E-state index contributed by atoms with van der Waals surface area (Å²) in [6.07, 6.45) is 6.14. The molecule has 0 unspecified atom stereocenters. The van der Waals surface area contributed by atoms with Gasteiger partial charge in [-0.1, -0.05) is 6.07 Å². The Kier molecular flexibility index (Phi) is 5.84. The largest absolute Gasteiger partial charge is 0.496 e. The minimum atomic E-state index is -0.129. The number of ether oxygens (including phenoxy) is 1. The van der Waals surface area contributed by atoms with Gasteiger partial charge in [0.25, 0.3) is 5.91 Å². The summed E-state index contributed by atoms with van der Waals surface area (Å²) in [7, 11) is 1.68. The zero-order chi connectivity index (χ0) is 17.2. The molecule has 1 aliphatic heterocycles. The van der Waals surface area contributed by atoms with Gasteiger partial charge in [0, 0.05) is 44.4 Å². The molecule has 0 spiro atoms. The molecule has 0 saturated carbocycles. The highest BCUT2D eigenvalue weighted by Gasteiger charge is 2.18. The molecule has 1 amide bonds. The third kappa shape index (κ3) is 3.71. The number of benzene rings is 1. The number of aromatic nitrogens is 2. The predicted octanol–water partition coefficient (Wildman–Crippen LogP) is 1.88. The van der Waals surface area contributed by atoms with Gasteiger partial charge in [0.2, 0.25) is 0 Å². The van der Waals surface area contributed by atoms with E-state index in [9.17, 15) is 4.79 Å². The van der Waals surface area contributed by atoms with Crippen molar-refractivity contribution in [3.05, 3.63) is 46.5 Å². The zero-order valence-electron chi connectivity index (χ0n) is 15.0. The first-order valence-corrected chi connectivity index (χ1v) is 8.98. The average Bonchev–Trinajstić information content (AvgIpc) is 3.19. The van der Waals surface area contributed by atoms with Crippen molar-refractivity contribution < 1.29 is 9.53 Å². The van der Waals surface area contributed by atoms with Crippen molar-refractivity contribution in [1.29, 1.82) is 0 Å². The molecule has 140 valence electrons. The summed E-state index contributed by atoms with van der Waals surface area (Å²) in [5.41, 5.74) is 4.28. The summed E-state index contributed by atoms with van der Waals surface area (Å²) in [5, 5.41) is 6.33. The Labute approximate surface area is 159 Å². The lowest BCUT2D eigenvalue weighted by molar-refractivity contribution is 0.0946. The van der Waals surface area contributed by atoms with Gasteiger partial charge in [-0.25, -0.2) is 4.98 Å². The number of amides is 1. The number of carbonyl (C=O) groups excluding carboxylic acids is 1.